The van der Waals surface area contributed by atoms with Crippen LogP contribution in [0.4, 0.5) is 11.4 Å². The molecule has 0 unspecified atom stereocenters. The van der Waals surface area contributed by atoms with Crippen molar-refractivity contribution in [3.63, 3.8) is 0 Å². The number of benzene rings is 2. The minimum absolute atomic E-state index is 0.0896. The second kappa shape index (κ2) is 7.95. The topological polar surface area (TPSA) is 50.8 Å². The first-order chi connectivity index (χ1) is 12.6. The maximum absolute atomic E-state index is 12.3. The molecule has 0 saturated carbocycles. The summed E-state index contributed by atoms with van der Waals surface area (Å²) in [4.78, 5) is 14.6. The molecule has 1 heterocycles. The second-order valence-corrected chi connectivity index (χ2v) is 6.08. The molecule has 2 aromatic carbocycles. The zero-order valence-corrected chi connectivity index (χ0v) is 15.4. The summed E-state index contributed by atoms with van der Waals surface area (Å²) in [7, 11) is 0. The van der Waals surface area contributed by atoms with Gasteiger partial charge in [-0.1, -0.05) is 0 Å². The average Bonchev–Trinajstić information content (AvgIpc) is 3.12. The van der Waals surface area contributed by atoms with E-state index >= 15 is 0 Å². The molecule has 5 nitrogen and oxygen atoms in total. The van der Waals surface area contributed by atoms with Gasteiger partial charge in [0.05, 0.1) is 0 Å². The highest BCUT2D eigenvalue weighted by Crippen LogP contribution is 2.32. The fourth-order valence-electron chi connectivity index (χ4n) is 2.95. The van der Waals surface area contributed by atoms with E-state index in [1.807, 2.05) is 6.07 Å². The van der Waals surface area contributed by atoms with Crippen LogP contribution in [-0.2, 0) is 0 Å². The molecule has 0 saturated heterocycles. The fourth-order valence-corrected chi connectivity index (χ4v) is 2.95. The maximum Gasteiger partial charge on any atom is 0.231 e. The Morgan fingerprint density at radius 1 is 1.12 bits per heavy atom. The van der Waals surface area contributed by atoms with Gasteiger partial charge in [0.1, 0.15) is 0 Å². The molecule has 136 valence electrons. The van der Waals surface area contributed by atoms with Crippen LogP contribution in [0.1, 0.15) is 29.8 Å². The molecular formula is C21H24N2O3. The Bertz CT molecular complexity index is 826. The monoisotopic (exact) mass is 352 g/mol. The van der Waals surface area contributed by atoms with E-state index in [1.165, 1.54) is 11.8 Å². The van der Waals surface area contributed by atoms with Crippen LogP contribution >= 0.6 is 0 Å². The van der Waals surface area contributed by atoms with Crippen LogP contribution in [-0.4, -0.2) is 25.7 Å². The highest BCUT2D eigenvalue weighted by molar-refractivity contribution is 6.05. The van der Waals surface area contributed by atoms with Crippen molar-refractivity contribution in [1.82, 2.24) is 0 Å². The summed E-state index contributed by atoms with van der Waals surface area (Å²) in [6.45, 7) is 8.51. The molecule has 0 radical (unpaired) electrons. The predicted octanol–water partition coefficient (Wildman–Crippen LogP) is 4.38. The number of hydrogen-bond donors (Lipinski definition) is 1. The third kappa shape index (κ3) is 3.82. The minimum Gasteiger partial charge on any atom is -0.454 e. The van der Waals surface area contributed by atoms with E-state index < -0.39 is 0 Å². The largest absolute Gasteiger partial charge is 0.454 e. The van der Waals surface area contributed by atoms with Gasteiger partial charge in [-0.2, -0.15) is 0 Å². The Labute approximate surface area is 154 Å². The average molecular weight is 352 g/mol. The Morgan fingerprint density at radius 2 is 1.88 bits per heavy atom. The molecule has 1 N–H and O–H groups in total. The molecule has 5 heteroatoms. The number of ether oxygens (including phenoxy) is 2. The number of fused-ring (bicyclic) bond motifs is 1. The van der Waals surface area contributed by atoms with Crippen molar-refractivity contribution in [3.05, 3.63) is 59.8 Å². The summed E-state index contributed by atoms with van der Waals surface area (Å²) >= 11 is 0. The number of carbonyl (C=O) groups excluding carboxylic acids is 1. The molecule has 0 amide bonds. The maximum atomic E-state index is 12.3. The molecule has 2 aromatic rings. The zero-order valence-electron chi connectivity index (χ0n) is 15.4. The Kier molecular flexibility index (Phi) is 5.46. The van der Waals surface area contributed by atoms with Crippen molar-refractivity contribution in [3.8, 4) is 11.5 Å². The SMILES string of the molecule is CCN(CC)c1ccc(NC=CC(=O)c2ccc3c(c2)OCO3)c(C)c1. The summed E-state index contributed by atoms with van der Waals surface area (Å²) in [6.07, 6.45) is 3.20. The number of anilines is 2. The van der Waals surface area contributed by atoms with E-state index in [2.05, 4.69) is 43.1 Å². The van der Waals surface area contributed by atoms with Gasteiger partial charge in [-0.3, -0.25) is 4.79 Å². The summed E-state index contributed by atoms with van der Waals surface area (Å²) in [5.74, 6) is 1.20. The predicted molar refractivity (Wildman–Crippen MR) is 104 cm³/mol. The fraction of sp³-hybridized carbons (Fsp3) is 0.286. The van der Waals surface area contributed by atoms with Crippen molar-refractivity contribution in [1.29, 1.82) is 0 Å². The van der Waals surface area contributed by atoms with Gasteiger partial charge in [0.25, 0.3) is 0 Å². The molecule has 1 aliphatic rings. The van der Waals surface area contributed by atoms with Crippen LogP contribution in [0.3, 0.4) is 0 Å². The van der Waals surface area contributed by atoms with E-state index in [9.17, 15) is 4.79 Å². The van der Waals surface area contributed by atoms with Gasteiger partial charge in [-0.25, -0.2) is 0 Å². The lowest BCUT2D eigenvalue weighted by molar-refractivity contribution is 0.104. The van der Waals surface area contributed by atoms with Crippen molar-refractivity contribution in [2.45, 2.75) is 20.8 Å². The molecule has 3 rings (SSSR count). The first kappa shape index (κ1) is 17.9. The van der Waals surface area contributed by atoms with Crippen molar-refractivity contribution < 1.29 is 14.3 Å². The number of allylic oxidation sites excluding steroid dienone is 1. The van der Waals surface area contributed by atoms with E-state index in [-0.39, 0.29) is 12.6 Å². The van der Waals surface area contributed by atoms with Crippen molar-refractivity contribution in [2.24, 2.45) is 0 Å². The molecule has 0 aliphatic carbocycles. The van der Waals surface area contributed by atoms with E-state index in [4.69, 9.17) is 9.47 Å². The number of aryl methyl sites for hydroxylation is 1. The summed E-state index contributed by atoms with van der Waals surface area (Å²) < 4.78 is 10.6. The lowest BCUT2D eigenvalue weighted by Crippen LogP contribution is -2.21. The van der Waals surface area contributed by atoms with Gasteiger partial charge in [0.15, 0.2) is 17.3 Å². The smallest absolute Gasteiger partial charge is 0.231 e. The highest BCUT2D eigenvalue weighted by Gasteiger charge is 2.15. The normalized spacial score (nSPS) is 12.4. The van der Waals surface area contributed by atoms with Gasteiger partial charge >= 0.3 is 0 Å². The molecule has 0 atom stereocenters. The Hall–Kier alpha value is -2.95. The third-order valence-corrected chi connectivity index (χ3v) is 4.47. The zero-order chi connectivity index (χ0) is 18.5. The van der Waals surface area contributed by atoms with Gasteiger partial charge in [-0.05, 0) is 62.7 Å². The van der Waals surface area contributed by atoms with Crippen LogP contribution in [0.5, 0.6) is 11.5 Å². The van der Waals surface area contributed by atoms with Gasteiger partial charge in [0, 0.05) is 42.3 Å². The number of ketones is 1. The lowest BCUT2D eigenvalue weighted by Gasteiger charge is -2.22. The van der Waals surface area contributed by atoms with Gasteiger partial charge < -0.3 is 19.7 Å². The van der Waals surface area contributed by atoms with Gasteiger partial charge in [0.2, 0.25) is 6.79 Å². The molecular weight excluding hydrogens is 328 g/mol. The Balaban J connectivity index is 1.65. The first-order valence-corrected chi connectivity index (χ1v) is 8.85. The molecule has 1 aliphatic heterocycles. The number of hydrogen-bond acceptors (Lipinski definition) is 5. The summed E-state index contributed by atoms with van der Waals surface area (Å²) in [6, 6.07) is 11.5. The third-order valence-electron chi connectivity index (χ3n) is 4.47. The Morgan fingerprint density at radius 3 is 2.62 bits per heavy atom. The molecule has 0 fully saturated rings. The number of carbonyl (C=O) groups is 1. The summed E-state index contributed by atoms with van der Waals surface area (Å²) in [5, 5.41) is 3.19. The number of rotatable bonds is 7. The van der Waals surface area contributed by atoms with Crippen LogP contribution in [0.25, 0.3) is 0 Å². The lowest BCUT2D eigenvalue weighted by atomic mass is 10.1. The highest BCUT2D eigenvalue weighted by atomic mass is 16.7. The number of nitrogens with zero attached hydrogens (tertiary/aromatic N) is 1. The van der Waals surface area contributed by atoms with E-state index in [0.717, 1.165) is 24.3 Å². The summed E-state index contributed by atoms with van der Waals surface area (Å²) in [5.41, 5.74) is 3.89. The van der Waals surface area contributed by atoms with Crippen LogP contribution < -0.4 is 19.7 Å². The second-order valence-electron chi connectivity index (χ2n) is 6.08. The number of nitrogens with one attached hydrogen (secondary N) is 1. The molecule has 0 aromatic heterocycles. The van der Waals surface area contributed by atoms with E-state index in [0.29, 0.717) is 17.1 Å². The van der Waals surface area contributed by atoms with E-state index in [1.54, 1.807) is 24.4 Å². The van der Waals surface area contributed by atoms with Crippen LogP contribution in [0.15, 0.2) is 48.7 Å². The standard InChI is InChI=1S/C21H24N2O3/c1-4-23(5-2)17-7-8-18(15(3)12-17)22-11-10-19(24)16-6-9-20-21(13-16)26-14-25-20/h6-13,22H,4-5,14H2,1-3H3. The molecule has 26 heavy (non-hydrogen) atoms. The van der Waals surface area contributed by atoms with Crippen LogP contribution in [0.2, 0.25) is 0 Å². The minimum atomic E-state index is -0.0896. The van der Waals surface area contributed by atoms with Crippen molar-refractivity contribution >= 4 is 17.2 Å². The van der Waals surface area contributed by atoms with Crippen LogP contribution in [0, 0.1) is 6.92 Å². The first-order valence-electron chi connectivity index (χ1n) is 8.85. The van der Waals surface area contributed by atoms with Gasteiger partial charge in [-0.15, -0.1) is 0 Å². The molecule has 0 spiro atoms. The van der Waals surface area contributed by atoms with Crippen molar-refractivity contribution in [2.75, 3.05) is 30.1 Å². The quantitative estimate of drug-likeness (QED) is 0.592. The molecule has 0 bridgehead atoms.